The Balaban J connectivity index is 2.99. The summed E-state index contributed by atoms with van der Waals surface area (Å²) in [4.78, 5) is 11.5. The minimum atomic E-state index is -2.89. The van der Waals surface area contributed by atoms with Crippen LogP contribution in [-0.4, -0.2) is 25.6 Å². The molecule has 100 valence electrons. The molecule has 0 heterocycles. The minimum absolute atomic E-state index is 0.0159. The summed E-state index contributed by atoms with van der Waals surface area (Å²) in [7, 11) is 1.26. The monoisotopic (exact) mass is 278 g/mol. The molecule has 0 fully saturated rings. The van der Waals surface area contributed by atoms with E-state index in [1.807, 2.05) is 0 Å². The van der Waals surface area contributed by atoms with Gasteiger partial charge in [0.05, 0.1) is 12.7 Å². The highest BCUT2D eigenvalue weighted by molar-refractivity contribution is 6.17. The van der Waals surface area contributed by atoms with Gasteiger partial charge in [0.1, 0.15) is 5.75 Å². The highest BCUT2D eigenvalue weighted by Crippen LogP contribution is 2.22. The van der Waals surface area contributed by atoms with Crippen molar-refractivity contribution >= 4 is 17.6 Å². The third kappa shape index (κ3) is 4.14. The first kappa shape index (κ1) is 14.7. The Morgan fingerprint density at radius 3 is 2.72 bits per heavy atom. The summed E-state index contributed by atoms with van der Waals surface area (Å²) in [6.07, 6.45) is 1.12. The molecular formula is C12H13ClF2O3. The number of esters is 1. The zero-order valence-electron chi connectivity index (χ0n) is 9.79. The standard InChI is InChI=1S/C12H13ClF2O3/c1-17-11(16)10-5-4-9(18-12(14)15)7-8(10)3-2-6-13/h4-5,7,12H,2-3,6H2,1H3. The topological polar surface area (TPSA) is 35.5 Å². The van der Waals surface area contributed by atoms with E-state index in [2.05, 4.69) is 9.47 Å². The average Bonchev–Trinajstić information content (AvgIpc) is 2.35. The van der Waals surface area contributed by atoms with E-state index in [1.54, 1.807) is 0 Å². The molecule has 0 aromatic heterocycles. The summed E-state index contributed by atoms with van der Waals surface area (Å²) in [5, 5.41) is 0. The predicted molar refractivity (Wildman–Crippen MR) is 63.5 cm³/mol. The fourth-order valence-electron chi connectivity index (χ4n) is 1.52. The lowest BCUT2D eigenvalue weighted by Gasteiger charge is -2.10. The SMILES string of the molecule is COC(=O)c1ccc(OC(F)F)cc1CCCCl. The lowest BCUT2D eigenvalue weighted by Crippen LogP contribution is -2.08. The van der Waals surface area contributed by atoms with Crippen LogP contribution in [-0.2, 0) is 11.2 Å². The van der Waals surface area contributed by atoms with Gasteiger partial charge in [0.15, 0.2) is 0 Å². The van der Waals surface area contributed by atoms with Crippen LogP contribution in [0.15, 0.2) is 18.2 Å². The first-order valence-electron chi connectivity index (χ1n) is 5.30. The number of carbonyl (C=O) groups excluding carboxylic acids is 1. The van der Waals surface area contributed by atoms with Crippen molar-refractivity contribution in [2.45, 2.75) is 19.5 Å². The Kier molecular flexibility index (Phi) is 5.85. The highest BCUT2D eigenvalue weighted by Gasteiger charge is 2.14. The van der Waals surface area contributed by atoms with Gasteiger partial charge in [0.2, 0.25) is 0 Å². The maximum atomic E-state index is 12.1. The second-order valence-electron chi connectivity index (χ2n) is 3.48. The molecule has 0 N–H and O–H groups in total. The number of carbonyl (C=O) groups is 1. The van der Waals surface area contributed by atoms with E-state index < -0.39 is 12.6 Å². The maximum absolute atomic E-state index is 12.1. The van der Waals surface area contributed by atoms with Gasteiger partial charge >= 0.3 is 12.6 Å². The molecule has 6 heteroatoms. The van der Waals surface area contributed by atoms with Gasteiger partial charge in [-0.1, -0.05) is 0 Å². The number of methoxy groups -OCH3 is 1. The molecule has 0 aliphatic rings. The summed E-state index contributed by atoms with van der Waals surface area (Å²) >= 11 is 5.57. The Morgan fingerprint density at radius 2 is 2.17 bits per heavy atom. The Labute approximate surface area is 109 Å². The van der Waals surface area contributed by atoms with Crippen molar-refractivity contribution < 1.29 is 23.0 Å². The van der Waals surface area contributed by atoms with Crippen molar-refractivity contribution in [2.24, 2.45) is 0 Å². The van der Waals surface area contributed by atoms with Crippen molar-refractivity contribution in [2.75, 3.05) is 13.0 Å². The summed E-state index contributed by atoms with van der Waals surface area (Å²) in [6.45, 7) is -2.89. The molecule has 0 bridgehead atoms. The van der Waals surface area contributed by atoms with Gasteiger partial charge in [-0.15, -0.1) is 11.6 Å². The molecule has 1 rings (SSSR count). The lowest BCUT2D eigenvalue weighted by atomic mass is 10.0. The van der Waals surface area contributed by atoms with Crippen LogP contribution in [0.25, 0.3) is 0 Å². The van der Waals surface area contributed by atoms with E-state index in [9.17, 15) is 13.6 Å². The molecule has 0 aliphatic heterocycles. The number of rotatable bonds is 6. The van der Waals surface area contributed by atoms with Gasteiger partial charge < -0.3 is 9.47 Å². The van der Waals surface area contributed by atoms with E-state index in [-0.39, 0.29) is 5.75 Å². The predicted octanol–water partition coefficient (Wildman–Crippen LogP) is 3.25. The largest absolute Gasteiger partial charge is 0.465 e. The number of ether oxygens (including phenoxy) is 2. The van der Waals surface area contributed by atoms with Crippen LogP contribution in [0.5, 0.6) is 5.75 Å². The molecule has 0 amide bonds. The normalized spacial score (nSPS) is 10.5. The number of alkyl halides is 3. The van der Waals surface area contributed by atoms with Gasteiger partial charge in [0.25, 0.3) is 0 Å². The first-order chi connectivity index (χ1) is 8.58. The molecule has 0 atom stereocenters. The molecule has 0 saturated carbocycles. The van der Waals surface area contributed by atoms with Crippen LogP contribution < -0.4 is 4.74 Å². The number of halogens is 3. The van der Waals surface area contributed by atoms with Gasteiger partial charge in [-0.3, -0.25) is 0 Å². The van der Waals surface area contributed by atoms with Gasteiger partial charge in [-0.25, -0.2) is 4.79 Å². The Morgan fingerprint density at radius 1 is 1.44 bits per heavy atom. The van der Waals surface area contributed by atoms with E-state index in [0.29, 0.717) is 29.8 Å². The summed E-state index contributed by atoms with van der Waals surface area (Å²) in [5.41, 5.74) is 0.921. The third-order valence-electron chi connectivity index (χ3n) is 2.29. The summed E-state index contributed by atoms with van der Waals surface area (Å²) in [6, 6.07) is 4.13. The molecular weight excluding hydrogens is 266 g/mol. The molecule has 0 spiro atoms. The smallest absolute Gasteiger partial charge is 0.387 e. The Bertz CT molecular complexity index is 410. The molecule has 0 saturated heterocycles. The molecule has 0 aliphatic carbocycles. The zero-order valence-corrected chi connectivity index (χ0v) is 10.5. The van der Waals surface area contributed by atoms with Crippen molar-refractivity contribution in [1.29, 1.82) is 0 Å². The Hall–Kier alpha value is -1.36. The molecule has 1 aromatic rings. The second-order valence-corrected chi connectivity index (χ2v) is 3.86. The van der Waals surface area contributed by atoms with Crippen molar-refractivity contribution in [1.82, 2.24) is 0 Å². The van der Waals surface area contributed by atoms with Crippen molar-refractivity contribution in [3.63, 3.8) is 0 Å². The summed E-state index contributed by atoms with van der Waals surface area (Å²) < 4.78 is 33.1. The number of hydrogen-bond acceptors (Lipinski definition) is 3. The van der Waals surface area contributed by atoms with Crippen LogP contribution in [0, 0.1) is 0 Å². The van der Waals surface area contributed by atoms with Gasteiger partial charge in [0, 0.05) is 5.88 Å². The first-order valence-corrected chi connectivity index (χ1v) is 5.84. The quantitative estimate of drug-likeness (QED) is 0.592. The molecule has 0 radical (unpaired) electrons. The van der Waals surface area contributed by atoms with E-state index in [0.717, 1.165) is 0 Å². The van der Waals surface area contributed by atoms with Crippen LogP contribution in [0.1, 0.15) is 22.3 Å². The average molecular weight is 279 g/mol. The number of aryl methyl sites for hydroxylation is 1. The van der Waals surface area contributed by atoms with Crippen LogP contribution >= 0.6 is 11.6 Å². The van der Waals surface area contributed by atoms with Gasteiger partial charge in [-0.05, 0) is 36.6 Å². The van der Waals surface area contributed by atoms with Crippen molar-refractivity contribution in [3.8, 4) is 5.75 Å². The van der Waals surface area contributed by atoms with E-state index >= 15 is 0 Å². The maximum Gasteiger partial charge on any atom is 0.387 e. The molecule has 3 nitrogen and oxygen atoms in total. The molecule has 0 unspecified atom stereocenters. The zero-order chi connectivity index (χ0) is 13.5. The fraction of sp³-hybridized carbons (Fsp3) is 0.417. The van der Waals surface area contributed by atoms with Crippen LogP contribution in [0.2, 0.25) is 0 Å². The number of hydrogen-bond donors (Lipinski definition) is 0. The van der Waals surface area contributed by atoms with Gasteiger partial charge in [-0.2, -0.15) is 8.78 Å². The fourth-order valence-corrected chi connectivity index (χ4v) is 1.65. The molecule has 18 heavy (non-hydrogen) atoms. The summed E-state index contributed by atoms with van der Waals surface area (Å²) in [5.74, 6) is -0.0778. The van der Waals surface area contributed by atoms with Crippen LogP contribution in [0.3, 0.4) is 0 Å². The third-order valence-corrected chi connectivity index (χ3v) is 2.55. The highest BCUT2D eigenvalue weighted by atomic mass is 35.5. The second kappa shape index (κ2) is 7.16. The lowest BCUT2D eigenvalue weighted by molar-refractivity contribution is -0.0498. The van der Waals surface area contributed by atoms with E-state index in [1.165, 1.54) is 25.3 Å². The minimum Gasteiger partial charge on any atom is -0.465 e. The molecule has 1 aromatic carbocycles. The van der Waals surface area contributed by atoms with Crippen LogP contribution in [0.4, 0.5) is 8.78 Å². The van der Waals surface area contributed by atoms with Crippen molar-refractivity contribution in [3.05, 3.63) is 29.3 Å². The number of benzene rings is 1. The van der Waals surface area contributed by atoms with E-state index in [4.69, 9.17) is 11.6 Å².